The molecule has 1 heterocycles. The van der Waals surface area contributed by atoms with Crippen LogP contribution in [0.5, 0.6) is 0 Å². The minimum absolute atomic E-state index is 0.0473. The van der Waals surface area contributed by atoms with Crippen molar-refractivity contribution in [2.24, 2.45) is 0 Å². The standard InChI is InChI=1S/C12H11Cl2N3O/c13-9-4-3-8(10(14)16-9)11(18)17-12(7-15)5-1-2-6-12/h3-4H,1-2,5-6H2,(H,17,18). The van der Waals surface area contributed by atoms with E-state index in [1.807, 2.05) is 0 Å². The maximum Gasteiger partial charge on any atom is 0.255 e. The molecule has 0 aromatic carbocycles. The molecule has 4 nitrogen and oxygen atoms in total. The van der Waals surface area contributed by atoms with Gasteiger partial charge in [-0.2, -0.15) is 5.26 Å². The quantitative estimate of drug-likeness (QED) is 0.849. The Kier molecular flexibility index (Phi) is 3.74. The summed E-state index contributed by atoms with van der Waals surface area (Å²) in [5, 5.41) is 12.2. The zero-order chi connectivity index (χ0) is 13.2. The van der Waals surface area contributed by atoms with Crippen LogP contribution < -0.4 is 5.32 Å². The van der Waals surface area contributed by atoms with Crippen molar-refractivity contribution in [1.82, 2.24) is 10.3 Å². The molecule has 1 aliphatic carbocycles. The topological polar surface area (TPSA) is 65.8 Å². The third kappa shape index (κ3) is 2.58. The SMILES string of the molecule is N#CC1(NC(=O)c2ccc(Cl)nc2Cl)CCCC1. The second-order valence-corrected chi connectivity index (χ2v) is 5.07. The van der Waals surface area contributed by atoms with Crippen LogP contribution in [-0.2, 0) is 0 Å². The van der Waals surface area contributed by atoms with Gasteiger partial charge in [-0.15, -0.1) is 0 Å². The maximum atomic E-state index is 12.1. The fraction of sp³-hybridized carbons (Fsp3) is 0.417. The highest BCUT2D eigenvalue weighted by molar-refractivity contribution is 6.34. The number of nitrogens with one attached hydrogen (secondary N) is 1. The molecule has 0 radical (unpaired) electrons. The van der Waals surface area contributed by atoms with Gasteiger partial charge in [0.15, 0.2) is 0 Å². The fourth-order valence-corrected chi connectivity index (χ4v) is 2.54. The highest BCUT2D eigenvalue weighted by Crippen LogP contribution is 2.29. The molecule has 1 fully saturated rings. The van der Waals surface area contributed by atoms with E-state index in [2.05, 4.69) is 16.4 Å². The van der Waals surface area contributed by atoms with Gasteiger partial charge >= 0.3 is 0 Å². The van der Waals surface area contributed by atoms with Gasteiger partial charge in [0.1, 0.15) is 15.8 Å². The molecule has 2 rings (SSSR count). The predicted octanol–water partition coefficient (Wildman–Crippen LogP) is 2.95. The number of halogens is 2. The first-order chi connectivity index (χ1) is 8.56. The van der Waals surface area contributed by atoms with Gasteiger partial charge in [0.05, 0.1) is 11.6 Å². The van der Waals surface area contributed by atoms with Crippen LogP contribution in [0.1, 0.15) is 36.0 Å². The molecule has 0 aliphatic heterocycles. The number of nitriles is 1. The van der Waals surface area contributed by atoms with E-state index < -0.39 is 5.54 Å². The van der Waals surface area contributed by atoms with Crippen molar-refractivity contribution in [1.29, 1.82) is 5.26 Å². The zero-order valence-corrected chi connectivity index (χ0v) is 11.1. The number of rotatable bonds is 2. The summed E-state index contributed by atoms with van der Waals surface area (Å²) in [6, 6.07) is 5.19. The Hall–Kier alpha value is -1.31. The van der Waals surface area contributed by atoms with Gasteiger partial charge in [0.25, 0.3) is 5.91 Å². The lowest BCUT2D eigenvalue weighted by Crippen LogP contribution is -2.45. The summed E-state index contributed by atoms with van der Waals surface area (Å²) in [5.41, 5.74) is -0.525. The molecule has 1 saturated carbocycles. The number of pyridine rings is 1. The van der Waals surface area contributed by atoms with Gasteiger partial charge in [0.2, 0.25) is 0 Å². The lowest BCUT2D eigenvalue weighted by molar-refractivity contribution is 0.0920. The molecule has 1 aliphatic rings. The van der Waals surface area contributed by atoms with Crippen molar-refractivity contribution in [3.63, 3.8) is 0 Å². The summed E-state index contributed by atoms with van der Waals surface area (Å²) < 4.78 is 0. The lowest BCUT2D eigenvalue weighted by Gasteiger charge is -2.22. The minimum Gasteiger partial charge on any atom is -0.334 e. The summed E-state index contributed by atoms with van der Waals surface area (Å²) >= 11 is 11.5. The smallest absolute Gasteiger partial charge is 0.255 e. The van der Waals surface area contributed by atoms with Crippen LogP contribution in [0.2, 0.25) is 10.3 Å². The monoisotopic (exact) mass is 283 g/mol. The zero-order valence-electron chi connectivity index (χ0n) is 9.54. The normalized spacial score (nSPS) is 17.2. The van der Waals surface area contributed by atoms with Crippen molar-refractivity contribution < 1.29 is 4.79 Å². The third-order valence-corrected chi connectivity index (χ3v) is 3.58. The number of aromatic nitrogens is 1. The van der Waals surface area contributed by atoms with Crippen LogP contribution in [-0.4, -0.2) is 16.4 Å². The number of carbonyl (C=O) groups excluding carboxylic acids is 1. The number of amides is 1. The van der Waals surface area contributed by atoms with Crippen LogP contribution in [0.4, 0.5) is 0 Å². The molecule has 1 amide bonds. The van der Waals surface area contributed by atoms with Gasteiger partial charge in [0, 0.05) is 0 Å². The first-order valence-corrected chi connectivity index (χ1v) is 6.38. The molecule has 0 bridgehead atoms. The van der Waals surface area contributed by atoms with E-state index in [-0.39, 0.29) is 21.8 Å². The van der Waals surface area contributed by atoms with Crippen LogP contribution in [0.25, 0.3) is 0 Å². The Balaban J connectivity index is 2.19. The summed E-state index contributed by atoms with van der Waals surface area (Å²) in [4.78, 5) is 15.9. The first-order valence-electron chi connectivity index (χ1n) is 5.62. The van der Waals surface area contributed by atoms with Gasteiger partial charge in [-0.3, -0.25) is 4.79 Å². The molecule has 0 atom stereocenters. The first kappa shape index (κ1) is 13.1. The Morgan fingerprint density at radius 2 is 2.06 bits per heavy atom. The number of hydrogen-bond donors (Lipinski definition) is 1. The van der Waals surface area contributed by atoms with E-state index in [1.165, 1.54) is 12.1 Å². The van der Waals surface area contributed by atoms with E-state index in [0.717, 1.165) is 12.8 Å². The molecule has 94 valence electrons. The summed E-state index contributed by atoms with van der Waals surface area (Å²) in [7, 11) is 0. The third-order valence-electron chi connectivity index (χ3n) is 3.08. The summed E-state index contributed by atoms with van der Waals surface area (Å²) in [6.07, 6.45) is 3.24. The van der Waals surface area contributed by atoms with Gasteiger partial charge < -0.3 is 5.32 Å². The Morgan fingerprint density at radius 3 is 2.61 bits per heavy atom. The maximum absolute atomic E-state index is 12.1. The molecule has 0 spiro atoms. The second kappa shape index (κ2) is 5.13. The van der Waals surface area contributed by atoms with Crippen LogP contribution >= 0.6 is 23.2 Å². The molecular formula is C12H11Cl2N3O. The largest absolute Gasteiger partial charge is 0.334 e. The lowest BCUT2D eigenvalue weighted by atomic mass is 9.99. The Labute approximate surface area is 115 Å². The van der Waals surface area contributed by atoms with E-state index in [4.69, 9.17) is 23.2 Å². The molecule has 18 heavy (non-hydrogen) atoms. The molecule has 0 unspecified atom stereocenters. The van der Waals surface area contributed by atoms with Crippen LogP contribution in [0.15, 0.2) is 12.1 Å². The highest BCUT2D eigenvalue weighted by Gasteiger charge is 2.36. The average molecular weight is 284 g/mol. The number of carbonyl (C=O) groups is 1. The van der Waals surface area contributed by atoms with Crippen molar-refractivity contribution >= 4 is 29.1 Å². The minimum atomic E-state index is -0.764. The van der Waals surface area contributed by atoms with E-state index in [0.29, 0.717) is 12.8 Å². The summed E-state index contributed by atoms with van der Waals surface area (Å²) in [6.45, 7) is 0. The Morgan fingerprint density at radius 1 is 1.39 bits per heavy atom. The highest BCUT2D eigenvalue weighted by atomic mass is 35.5. The van der Waals surface area contributed by atoms with Crippen LogP contribution in [0, 0.1) is 11.3 Å². The van der Waals surface area contributed by atoms with E-state index in [9.17, 15) is 10.1 Å². The van der Waals surface area contributed by atoms with Crippen molar-refractivity contribution in [2.45, 2.75) is 31.2 Å². The Bertz CT molecular complexity index is 519. The van der Waals surface area contributed by atoms with Gasteiger partial charge in [-0.25, -0.2) is 4.98 Å². The van der Waals surface area contributed by atoms with E-state index >= 15 is 0 Å². The average Bonchev–Trinajstić information content (AvgIpc) is 2.78. The van der Waals surface area contributed by atoms with Crippen LogP contribution in [0.3, 0.4) is 0 Å². The van der Waals surface area contributed by atoms with Crippen molar-refractivity contribution in [3.05, 3.63) is 28.0 Å². The predicted molar refractivity (Wildman–Crippen MR) is 68.5 cm³/mol. The van der Waals surface area contributed by atoms with Crippen molar-refractivity contribution in [2.75, 3.05) is 0 Å². The molecule has 6 heteroatoms. The van der Waals surface area contributed by atoms with E-state index in [1.54, 1.807) is 0 Å². The van der Waals surface area contributed by atoms with Gasteiger partial charge in [-0.1, -0.05) is 23.2 Å². The fourth-order valence-electron chi connectivity index (χ4n) is 2.11. The molecule has 1 N–H and O–H groups in total. The summed E-state index contributed by atoms with van der Waals surface area (Å²) in [5.74, 6) is -0.382. The second-order valence-electron chi connectivity index (χ2n) is 4.33. The van der Waals surface area contributed by atoms with Crippen molar-refractivity contribution in [3.8, 4) is 6.07 Å². The number of nitrogens with zero attached hydrogens (tertiary/aromatic N) is 2. The number of hydrogen-bond acceptors (Lipinski definition) is 3. The molecule has 0 saturated heterocycles. The molecule has 1 aromatic rings. The molecular weight excluding hydrogens is 273 g/mol. The molecule has 1 aromatic heterocycles. The van der Waals surface area contributed by atoms with Gasteiger partial charge in [-0.05, 0) is 37.8 Å².